The van der Waals surface area contributed by atoms with Crippen LogP contribution >= 0.6 is 0 Å². The lowest BCUT2D eigenvalue weighted by atomic mass is 9.78. The smallest absolute Gasteiger partial charge is 0.128 e. The Kier molecular flexibility index (Phi) is 4.56. The summed E-state index contributed by atoms with van der Waals surface area (Å²) in [6.07, 6.45) is 10.4. The molecule has 2 unspecified atom stereocenters. The zero-order valence-corrected chi connectivity index (χ0v) is 12.6. The molecule has 2 atom stereocenters. The first kappa shape index (κ1) is 13.9. The molecule has 3 rings (SSSR count). The van der Waals surface area contributed by atoms with Crippen LogP contribution in [0, 0.1) is 5.92 Å². The van der Waals surface area contributed by atoms with E-state index in [-0.39, 0.29) is 0 Å². The lowest BCUT2D eigenvalue weighted by Gasteiger charge is -2.44. The van der Waals surface area contributed by atoms with Crippen LogP contribution in [0.3, 0.4) is 0 Å². The molecule has 0 aromatic carbocycles. The number of fused-ring (bicyclic) bond motifs is 1. The monoisotopic (exact) mass is 273 g/mol. The molecule has 3 nitrogen and oxygen atoms in total. The molecule has 2 fully saturated rings. The van der Waals surface area contributed by atoms with Crippen LogP contribution in [0.25, 0.3) is 0 Å². The fourth-order valence-corrected chi connectivity index (χ4v) is 3.87. The third-order valence-corrected chi connectivity index (χ3v) is 4.93. The minimum Gasteiger partial charge on any atom is -0.353 e. The Balaban J connectivity index is 1.70. The number of aromatic nitrogens is 1. The van der Waals surface area contributed by atoms with Gasteiger partial charge in [-0.1, -0.05) is 25.8 Å². The Labute approximate surface area is 122 Å². The van der Waals surface area contributed by atoms with Crippen molar-refractivity contribution in [2.24, 2.45) is 5.92 Å². The first-order chi connectivity index (χ1) is 9.88. The zero-order chi connectivity index (χ0) is 13.8. The average Bonchev–Trinajstić information content (AvgIpc) is 2.53. The van der Waals surface area contributed by atoms with E-state index in [1.165, 1.54) is 56.5 Å². The van der Waals surface area contributed by atoms with Crippen molar-refractivity contribution in [1.82, 2.24) is 10.3 Å². The minimum atomic E-state index is 0.754. The number of pyridine rings is 1. The summed E-state index contributed by atoms with van der Waals surface area (Å²) in [6, 6.07) is 5.21. The van der Waals surface area contributed by atoms with E-state index in [1.807, 2.05) is 6.20 Å². The van der Waals surface area contributed by atoms with Gasteiger partial charge in [-0.05, 0) is 49.8 Å². The van der Waals surface area contributed by atoms with E-state index < -0.39 is 0 Å². The van der Waals surface area contributed by atoms with Crippen LogP contribution in [-0.2, 0) is 6.54 Å². The molecule has 0 bridgehead atoms. The summed E-state index contributed by atoms with van der Waals surface area (Å²) < 4.78 is 0. The molecule has 2 heterocycles. The molecule has 110 valence electrons. The summed E-state index contributed by atoms with van der Waals surface area (Å²) in [6.45, 7) is 5.27. The van der Waals surface area contributed by atoms with Crippen LogP contribution in [0.5, 0.6) is 0 Å². The predicted molar refractivity (Wildman–Crippen MR) is 83.9 cm³/mol. The van der Waals surface area contributed by atoms with Gasteiger partial charge in [-0.3, -0.25) is 0 Å². The molecule has 0 radical (unpaired) electrons. The predicted octanol–water partition coefficient (Wildman–Crippen LogP) is 3.35. The maximum absolute atomic E-state index is 4.73. The van der Waals surface area contributed by atoms with Crippen molar-refractivity contribution in [3.05, 3.63) is 23.9 Å². The second kappa shape index (κ2) is 6.57. The first-order valence-corrected chi connectivity index (χ1v) is 8.31. The molecule has 1 aliphatic carbocycles. The lowest BCUT2D eigenvalue weighted by Crippen LogP contribution is -2.47. The van der Waals surface area contributed by atoms with Crippen molar-refractivity contribution < 1.29 is 0 Å². The molecule has 1 aromatic rings. The van der Waals surface area contributed by atoms with Crippen LogP contribution < -0.4 is 10.2 Å². The highest BCUT2D eigenvalue weighted by atomic mass is 15.2. The van der Waals surface area contributed by atoms with Gasteiger partial charge in [0.2, 0.25) is 0 Å². The summed E-state index contributed by atoms with van der Waals surface area (Å²) in [7, 11) is 0. The normalized spacial score (nSPS) is 26.4. The van der Waals surface area contributed by atoms with Crippen molar-refractivity contribution >= 4 is 5.82 Å². The molecule has 0 amide bonds. The van der Waals surface area contributed by atoms with E-state index in [1.54, 1.807) is 0 Å². The quantitative estimate of drug-likeness (QED) is 0.912. The van der Waals surface area contributed by atoms with Crippen LogP contribution in [0.2, 0.25) is 0 Å². The maximum Gasteiger partial charge on any atom is 0.128 e. The Hall–Kier alpha value is -1.09. The van der Waals surface area contributed by atoms with Crippen molar-refractivity contribution in [3.63, 3.8) is 0 Å². The largest absolute Gasteiger partial charge is 0.353 e. The third-order valence-electron chi connectivity index (χ3n) is 4.93. The summed E-state index contributed by atoms with van der Waals surface area (Å²) >= 11 is 0. The zero-order valence-electron chi connectivity index (χ0n) is 12.6. The summed E-state index contributed by atoms with van der Waals surface area (Å²) in [4.78, 5) is 7.32. The summed E-state index contributed by atoms with van der Waals surface area (Å²) in [5.41, 5.74) is 1.29. The third kappa shape index (κ3) is 2.98. The molecule has 1 aromatic heterocycles. The van der Waals surface area contributed by atoms with E-state index in [4.69, 9.17) is 4.98 Å². The van der Waals surface area contributed by atoms with Gasteiger partial charge in [0.15, 0.2) is 0 Å². The van der Waals surface area contributed by atoms with Crippen LogP contribution in [0.15, 0.2) is 18.3 Å². The number of hydrogen-bond donors (Lipinski definition) is 1. The maximum atomic E-state index is 4.73. The second-order valence-electron chi connectivity index (χ2n) is 6.25. The molecule has 1 aliphatic heterocycles. The molecule has 1 saturated heterocycles. The molecule has 0 spiro atoms. The number of rotatable bonds is 4. The highest BCUT2D eigenvalue weighted by molar-refractivity contribution is 5.41. The van der Waals surface area contributed by atoms with E-state index in [0.29, 0.717) is 0 Å². The van der Waals surface area contributed by atoms with Gasteiger partial charge < -0.3 is 10.2 Å². The van der Waals surface area contributed by atoms with Gasteiger partial charge in [0.1, 0.15) is 5.82 Å². The highest BCUT2D eigenvalue weighted by Crippen LogP contribution is 2.37. The fourth-order valence-electron chi connectivity index (χ4n) is 3.87. The Morgan fingerprint density at radius 3 is 2.85 bits per heavy atom. The van der Waals surface area contributed by atoms with E-state index in [2.05, 4.69) is 29.3 Å². The molecule has 1 saturated carbocycles. The minimum absolute atomic E-state index is 0.754. The molecular formula is C17H27N3. The van der Waals surface area contributed by atoms with E-state index >= 15 is 0 Å². The van der Waals surface area contributed by atoms with E-state index in [0.717, 1.165) is 25.0 Å². The van der Waals surface area contributed by atoms with E-state index in [9.17, 15) is 0 Å². The van der Waals surface area contributed by atoms with Gasteiger partial charge in [-0.2, -0.15) is 0 Å². The second-order valence-corrected chi connectivity index (χ2v) is 6.25. The van der Waals surface area contributed by atoms with Gasteiger partial charge >= 0.3 is 0 Å². The number of hydrogen-bond acceptors (Lipinski definition) is 3. The highest BCUT2D eigenvalue weighted by Gasteiger charge is 2.33. The van der Waals surface area contributed by atoms with Crippen LogP contribution in [-0.4, -0.2) is 24.1 Å². The molecule has 20 heavy (non-hydrogen) atoms. The lowest BCUT2D eigenvalue weighted by molar-refractivity contribution is 0.242. The van der Waals surface area contributed by atoms with Crippen LogP contribution in [0.1, 0.15) is 51.0 Å². The standard InChI is InChI=1S/C17H27N3/c1-2-18-12-14-9-10-17(19-13-14)20-11-5-7-15-6-3-4-8-16(15)20/h9-10,13,15-16,18H,2-8,11-12H2,1H3. The fraction of sp³-hybridized carbons (Fsp3) is 0.706. The van der Waals surface area contributed by atoms with Crippen molar-refractivity contribution in [1.29, 1.82) is 0 Å². The van der Waals surface area contributed by atoms with Gasteiger partial charge in [0.25, 0.3) is 0 Å². The molecule has 3 heteroatoms. The van der Waals surface area contributed by atoms with Crippen LogP contribution in [0.4, 0.5) is 5.82 Å². The van der Waals surface area contributed by atoms with Gasteiger partial charge in [0, 0.05) is 25.3 Å². The number of nitrogens with zero attached hydrogens (tertiary/aromatic N) is 2. The molecule has 1 N–H and O–H groups in total. The van der Waals surface area contributed by atoms with Crippen molar-refractivity contribution in [3.8, 4) is 0 Å². The van der Waals surface area contributed by atoms with Crippen molar-refractivity contribution in [2.45, 2.75) is 58.0 Å². The number of nitrogens with one attached hydrogen (secondary N) is 1. The number of anilines is 1. The Morgan fingerprint density at radius 2 is 2.05 bits per heavy atom. The SMILES string of the molecule is CCNCc1ccc(N2CCCC3CCCCC32)nc1. The summed E-state index contributed by atoms with van der Waals surface area (Å²) in [5.74, 6) is 2.11. The van der Waals surface area contributed by atoms with Crippen molar-refractivity contribution in [2.75, 3.05) is 18.0 Å². The van der Waals surface area contributed by atoms with Gasteiger partial charge in [-0.15, -0.1) is 0 Å². The molecular weight excluding hydrogens is 246 g/mol. The van der Waals surface area contributed by atoms with Gasteiger partial charge in [-0.25, -0.2) is 4.98 Å². The average molecular weight is 273 g/mol. The molecule has 2 aliphatic rings. The first-order valence-electron chi connectivity index (χ1n) is 8.31. The topological polar surface area (TPSA) is 28.2 Å². The Morgan fingerprint density at radius 1 is 1.20 bits per heavy atom. The number of piperidine rings is 1. The van der Waals surface area contributed by atoms with Gasteiger partial charge in [0.05, 0.1) is 0 Å². The summed E-state index contributed by atoms with van der Waals surface area (Å²) in [5, 5.41) is 3.36. The Bertz CT molecular complexity index is 413.